The Kier molecular flexibility index (Phi) is 1.82. The van der Waals surface area contributed by atoms with Crippen molar-refractivity contribution in [1.82, 2.24) is 4.98 Å². The predicted molar refractivity (Wildman–Crippen MR) is 54.4 cm³/mol. The third-order valence-corrected chi connectivity index (χ3v) is 2.15. The van der Waals surface area contributed by atoms with Gasteiger partial charge >= 0.3 is 0 Å². The molecule has 1 aromatic heterocycles. The van der Waals surface area contributed by atoms with E-state index in [0.29, 0.717) is 0 Å². The molecule has 0 radical (unpaired) electrons. The second-order valence-corrected chi connectivity index (χ2v) is 2.87. The lowest BCUT2D eigenvalue weighted by molar-refractivity contribution is 1.37. The van der Waals surface area contributed by atoms with E-state index in [1.165, 1.54) is 16.2 Å². The highest BCUT2D eigenvalue weighted by molar-refractivity contribution is 6.55. The van der Waals surface area contributed by atoms with E-state index >= 15 is 0 Å². The van der Waals surface area contributed by atoms with Crippen LogP contribution in [0.2, 0.25) is 6.82 Å². The van der Waals surface area contributed by atoms with Crippen LogP contribution in [-0.2, 0) is 0 Å². The fourth-order valence-corrected chi connectivity index (χ4v) is 1.48. The molecule has 12 heavy (non-hydrogen) atoms. The number of nitrogens with zero attached hydrogens (tertiary/aromatic N) is 1. The summed E-state index contributed by atoms with van der Waals surface area (Å²) in [5, 5.41) is 2.56. The second kappa shape index (κ2) is 2.98. The van der Waals surface area contributed by atoms with Gasteiger partial charge in [0.2, 0.25) is 0 Å². The molecule has 2 heteroatoms. The lowest BCUT2D eigenvalue weighted by Crippen LogP contribution is -2.10. The maximum absolute atomic E-state index is 4.12. The van der Waals surface area contributed by atoms with E-state index in [1.807, 2.05) is 12.4 Å². The van der Waals surface area contributed by atoms with Crippen molar-refractivity contribution >= 4 is 23.5 Å². The minimum absolute atomic E-state index is 1.07. The van der Waals surface area contributed by atoms with E-state index in [1.54, 1.807) is 0 Å². The Morgan fingerprint density at radius 2 is 2.17 bits per heavy atom. The maximum atomic E-state index is 4.12. The number of pyridine rings is 1. The average molecular weight is 155 g/mol. The third-order valence-electron chi connectivity index (χ3n) is 2.15. The van der Waals surface area contributed by atoms with Gasteiger partial charge < -0.3 is 0 Å². The summed E-state index contributed by atoms with van der Waals surface area (Å²) in [4.78, 5) is 4.12. The van der Waals surface area contributed by atoms with Gasteiger partial charge in [-0.25, -0.2) is 0 Å². The van der Waals surface area contributed by atoms with Gasteiger partial charge in [-0.2, -0.15) is 0 Å². The molecular formula is C10H10BN. The van der Waals surface area contributed by atoms with E-state index in [2.05, 4.69) is 36.1 Å². The molecule has 2 aromatic rings. The van der Waals surface area contributed by atoms with Gasteiger partial charge in [0.05, 0.1) is 0 Å². The summed E-state index contributed by atoms with van der Waals surface area (Å²) in [6.45, 7) is 2.17. The fourth-order valence-electron chi connectivity index (χ4n) is 1.48. The highest BCUT2D eigenvalue weighted by Crippen LogP contribution is 2.08. The zero-order valence-electron chi connectivity index (χ0n) is 7.12. The van der Waals surface area contributed by atoms with Gasteiger partial charge in [0, 0.05) is 12.4 Å². The molecule has 58 valence electrons. The Hall–Kier alpha value is -1.31. The van der Waals surface area contributed by atoms with Crippen molar-refractivity contribution < 1.29 is 0 Å². The highest BCUT2D eigenvalue weighted by Gasteiger charge is 1.97. The van der Waals surface area contributed by atoms with Gasteiger partial charge in [0.15, 0.2) is 7.28 Å². The number of rotatable bonds is 1. The smallest absolute Gasteiger partial charge is 0.155 e. The van der Waals surface area contributed by atoms with Gasteiger partial charge in [0.25, 0.3) is 0 Å². The Labute approximate surface area is 72.7 Å². The summed E-state index contributed by atoms with van der Waals surface area (Å²) in [5.74, 6) is 0. The van der Waals surface area contributed by atoms with E-state index in [4.69, 9.17) is 0 Å². The van der Waals surface area contributed by atoms with E-state index < -0.39 is 0 Å². The van der Waals surface area contributed by atoms with Crippen molar-refractivity contribution in [3.8, 4) is 0 Å². The van der Waals surface area contributed by atoms with Crippen LogP contribution in [0.5, 0.6) is 0 Å². The Bertz CT molecular complexity index is 392. The Morgan fingerprint density at radius 3 is 3.00 bits per heavy atom. The largest absolute Gasteiger partial charge is 0.264 e. The summed E-state index contributed by atoms with van der Waals surface area (Å²) in [7, 11) is 1.07. The molecule has 1 heterocycles. The highest BCUT2D eigenvalue weighted by atomic mass is 14.6. The van der Waals surface area contributed by atoms with Crippen molar-refractivity contribution in [3.63, 3.8) is 0 Å². The number of fused-ring (bicyclic) bond motifs is 1. The van der Waals surface area contributed by atoms with Crippen molar-refractivity contribution in [1.29, 1.82) is 0 Å². The monoisotopic (exact) mass is 155 g/mol. The standard InChI is InChI=1S/C10H10BN/c1-11-10-4-2-3-8-5-6-12-7-9(8)10/h2-7,11H,1H3. The zero-order chi connectivity index (χ0) is 8.39. The second-order valence-electron chi connectivity index (χ2n) is 2.87. The molecule has 0 spiro atoms. The molecule has 0 fully saturated rings. The average Bonchev–Trinajstić information content (AvgIpc) is 2.17. The van der Waals surface area contributed by atoms with Gasteiger partial charge in [0.1, 0.15) is 0 Å². The molecule has 1 aromatic carbocycles. The molecule has 0 N–H and O–H groups in total. The molecule has 0 bridgehead atoms. The van der Waals surface area contributed by atoms with Gasteiger partial charge in [-0.05, 0) is 16.8 Å². The van der Waals surface area contributed by atoms with Crippen LogP contribution in [0.4, 0.5) is 0 Å². The van der Waals surface area contributed by atoms with E-state index in [-0.39, 0.29) is 0 Å². The third kappa shape index (κ3) is 1.09. The van der Waals surface area contributed by atoms with Gasteiger partial charge in [-0.1, -0.05) is 30.5 Å². The summed E-state index contributed by atoms with van der Waals surface area (Å²) in [5.41, 5.74) is 1.38. The molecule has 0 saturated heterocycles. The molecule has 0 aliphatic carbocycles. The molecule has 0 aliphatic rings. The summed E-state index contributed by atoms with van der Waals surface area (Å²) < 4.78 is 0. The first-order valence-electron chi connectivity index (χ1n) is 4.23. The van der Waals surface area contributed by atoms with Crippen molar-refractivity contribution in [3.05, 3.63) is 36.7 Å². The topological polar surface area (TPSA) is 12.9 Å². The van der Waals surface area contributed by atoms with Crippen LogP contribution in [-0.4, -0.2) is 12.3 Å². The molecule has 0 unspecified atom stereocenters. The summed E-state index contributed by atoms with van der Waals surface area (Å²) in [6, 6.07) is 8.43. The van der Waals surface area contributed by atoms with Crippen LogP contribution in [0.25, 0.3) is 10.8 Å². The van der Waals surface area contributed by atoms with Crippen molar-refractivity contribution in [2.45, 2.75) is 6.82 Å². The first kappa shape index (κ1) is 7.35. The van der Waals surface area contributed by atoms with E-state index in [0.717, 1.165) is 7.28 Å². The Morgan fingerprint density at radius 1 is 1.25 bits per heavy atom. The first-order chi connectivity index (χ1) is 5.92. The van der Waals surface area contributed by atoms with Crippen molar-refractivity contribution in [2.75, 3.05) is 0 Å². The minimum atomic E-state index is 1.07. The minimum Gasteiger partial charge on any atom is -0.264 e. The molecule has 0 amide bonds. The van der Waals surface area contributed by atoms with Crippen molar-refractivity contribution in [2.24, 2.45) is 0 Å². The maximum Gasteiger partial charge on any atom is 0.155 e. The number of hydrogen-bond acceptors (Lipinski definition) is 1. The lowest BCUT2D eigenvalue weighted by Gasteiger charge is -2.01. The Balaban J connectivity index is 2.79. The fraction of sp³-hybridized carbons (Fsp3) is 0.100. The van der Waals surface area contributed by atoms with Crippen LogP contribution in [0.3, 0.4) is 0 Å². The van der Waals surface area contributed by atoms with Crippen LogP contribution >= 0.6 is 0 Å². The first-order valence-corrected chi connectivity index (χ1v) is 4.23. The van der Waals surface area contributed by atoms with E-state index in [9.17, 15) is 0 Å². The lowest BCUT2D eigenvalue weighted by atomic mass is 9.71. The molecule has 1 nitrogen and oxygen atoms in total. The van der Waals surface area contributed by atoms with Gasteiger partial charge in [-0.15, -0.1) is 0 Å². The zero-order valence-corrected chi connectivity index (χ0v) is 7.12. The van der Waals surface area contributed by atoms with Crippen LogP contribution in [0.15, 0.2) is 36.7 Å². The molecule has 0 atom stereocenters. The normalized spacial score (nSPS) is 10.1. The number of aromatic nitrogens is 1. The molecular weight excluding hydrogens is 145 g/mol. The van der Waals surface area contributed by atoms with Crippen LogP contribution < -0.4 is 5.46 Å². The van der Waals surface area contributed by atoms with Crippen LogP contribution in [0.1, 0.15) is 0 Å². The number of hydrogen-bond donors (Lipinski definition) is 0. The predicted octanol–water partition coefficient (Wildman–Crippen LogP) is 1.34. The van der Waals surface area contributed by atoms with Crippen LogP contribution in [0, 0.1) is 0 Å². The number of benzene rings is 1. The summed E-state index contributed by atoms with van der Waals surface area (Å²) in [6.07, 6.45) is 3.77. The summed E-state index contributed by atoms with van der Waals surface area (Å²) >= 11 is 0. The molecule has 0 saturated carbocycles. The SMILES string of the molecule is CBc1cccc2ccncc12. The molecule has 2 rings (SSSR count). The van der Waals surface area contributed by atoms with Gasteiger partial charge in [-0.3, -0.25) is 4.98 Å². The molecule has 0 aliphatic heterocycles. The quantitative estimate of drug-likeness (QED) is 0.566.